The van der Waals surface area contributed by atoms with Gasteiger partial charge in [0, 0.05) is 8.95 Å². The molecular weight excluding hydrogens is 370 g/mol. The lowest BCUT2D eigenvalue weighted by molar-refractivity contribution is 0.209. The largest absolute Gasteiger partial charge is 0.383 e. The topological polar surface area (TPSA) is 20.2 Å². The van der Waals surface area contributed by atoms with Gasteiger partial charge in [0.1, 0.15) is 17.7 Å². The van der Waals surface area contributed by atoms with Gasteiger partial charge < -0.3 is 5.11 Å². The van der Waals surface area contributed by atoms with Gasteiger partial charge in [-0.2, -0.15) is 0 Å². The molecule has 0 aromatic heterocycles. The maximum absolute atomic E-state index is 13.6. The molecule has 0 aliphatic rings. The van der Waals surface area contributed by atoms with E-state index >= 15 is 0 Å². The normalized spacial score (nSPS) is 12.5. The SMILES string of the molecule is OC(c1cc(Br)cc(Br)c1)c1c(F)cccc1F. The number of hydrogen-bond acceptors (Lipinski definition) is 1. The van der Waals surface area contributed by atoms with E-state index < -0.39 is 17.7 Å². The molecule has 1 nitrogen and oxygen atoms in total. The van der Waals surface area contributed by atoms with Crippen LogP contribution in [0.4, 0.5) is 8.78 Å². The van der Waals surface area contributed by atoms with Crippen molar-refractivity contribution >= 4 is 31.9 Å². The van der Waals surface area contributed by atoms with Gasteiger partial charge in [0.2, 0.25) is 0 Å². The Morgan fingerprint density at radius 1 is 0.944 bits per heavy atom. The predicted octanol–water partition coefficient (Wildman–Crippen LogP) is 4.57. The van der Waals surface area contributed by atoms with E-state index in [0.717, 1.165) is 12.1 Å². The Balaban J connectivity index is 2.51. The van der Waals surface area contributed by atoms with Gasteiger partial charge >= 0.3 is 0 Å². The molecule has 0 bridgehead atoms. The molecule has 0 saturated carbocycles. The van der Waals surface area contributed by atoms with Crippen LogP contribution in [0.1, 0.15) is 17.2 Å². The molecule has 2 rings (SSSR count). The van der Waals surface area contributed by atoms with Gasteiger partial charge in [-0.3, -0.25) is 0 Å². The Morgan fingerprint density at radius 2 is 1.44 bits per heavy atom. The minimum Gasteiger partial charge on any atom is -0.383 e. The van der Waals surface area contributed by atoms with Crippen molar-refractivity contribution in [2.45, 2.75) is 6.10 Å². The third-order valence-corrected chi connectivity index (χ3v) is 3.39. The Morgan fingerprint density at radius 3 is 1.94 bits per heavy atom. The van der Waals surface area contributed by atoms with E-state index in [9.17, 15) is 13.9 Å². The van der Waals surface area contributed by atoms with Crippen LogP contribution in [-0.4, -0.2) is 5.11 Å². The van der Waals surface area contributed by atoms with Gasteiger partial charge in [-0.05, 0) is 35.9 Å². The predicted molar refractivity (Wildman–Crippen MR) is 72.3 cm³/mol. The van der Waals surface area contributed by atoms with E-state index in [2.05, 4.69) is 31.9 Å². The van der Waals surface area contributed by atoms with Crippen LogP contribution in [0.5, 0.6) is 0 Å². The molecule has 0 amide bonds. The summed E-state index contributed by atoms with van der Waals surface area (Å²) in [4.78, 5) is 0. The van der Waals surface area contributed by atoms with Crippen LogP contribution in [0, 0.1) is 11.6 Å². The second-order valence-electron chi connectivity index (χ2n) is 3.74. The summed E-state index contributed by atoms with van der Waals surface area (Å²) in [7, 11) is 0. The molecule has 1 atom stereocenters. The van der Waals surface area contributed by atoms with Gasteiger partial charge in [0.05, 0.1) is 5.56 Å². The first-order valence-electron chi connectivity index (χ1n) is 5.07. The molecule has 1 N–H and O–H groups in total. The zero-order chi connectivity index (χ0) is 13.3. The molecule has 0 aliphatic carbocycles. The second kappa shape index (κ2) is 5.47. The first-order chi connectivity index (χ1) is 8.49. The third-order valence-electron chi connectivity index (χ3n) is 2.47. The molecule has 0 radical (unpaired) electrons. The quantitative estimate of drug-likeness (QED) is 0.812. The lowest BCUT2D eigenvalue weighted by atomic mass is 10.0. The molecule has 2 aromatic carbocycles. The van der Waals surface area contributed by atoms with Crippen LogP contribution in [0.2, 0.25) is 0 Å². The molecule has 1 unspecified atom stereocenters. The first kappa shape index (κ1) is 13.6. The average molecular weight is 378 g/mol. The Bertz CT molecular complexity index is 547. The standard InChI is InChI=1S/C13H8Br2F2O/c14-8-4-7(5-9(15)6-8)13(18)12-10(16)2-1-3-11(12)17/h1-6,13,18H. The summed E-state index contributed by atoms with van der Waals surface area (Å²) in [5.41, 5.74) is 0.0581. The maximum Gasteiger partial charge on any atom is 0.132 e. The summed E-state index contributed by atoms with van der Waals surface area (Å²) in [6.07, 6.45) is -1.35. The maximum atomic E-state index is 13.6. The summed E-state index contributed by atoms with van der Waals surface area (Å²) in [6, 6.07) is 8.50. The van der Waals surface area contributed by atoms with Crippen molar-refractivity contribution in [2.75, 3.05) is 0 Å². The number of halogens is 4. The van der Waals surface area contributed by atoms with Crippen molar-refractivity contribution in [1.29, 1.82) is 0 Å². The Kier molecular flexibility index (Phi) is 4.14. The van der Waals surface area contributed by atoms with Crippen LogP contribution in [-0.2, 0) is 0 Å². The number of benzene rings is 2. The molecule has 0 heterocycles. The fourth-order valence-electron chi connectivity index (χ4n) is 1.67. The summed E-state index contributed by atoms with van der Waals surface area (Å²) in [5, 5.41) is 10.1. The smallest absolute Gasteiger partial charge is 0.132 e. The number of hydrogen-bond donors (Lipinski definition) is 1. The number of rotatable bonds is 2. The van der Waals surface area contributed by atoms with E-state index in [-0.39, 0.29) is 5.56 Å². The van der Waals surface area contributed by atoms with Gasteiger partial charge in [0.25, 0.3) is 0 Å². The van der Waals surface area contributed by atoms with Gasteiger partial charge in [-0.25, -0.2) is 8.78 Å². The lowest BCUT2D eigenvalue weighted by Crippen LogP contribution is -2.05. The van der Waals surface area contributed by atoms with Crippen molar-refractivity contribution in [3.05, 3.63) is 68.1 Å². The van der Waals surface area contributed by atoms with Crippen LogP contribution < -0.4 is 0 Å². The van der Waals surface area contributed by atoms with E-state index in [0.29, 0.717) is 14.5 Å². The van der Waals surface area contributed by atoms with Crippen molar-refractivity contribution in [2.24, 2.45) is 0 Å². The van der Waals surface area contributed by atoms with Crippen LogP contribution in [0.15, 0.2) is 45.3 Å². The molecule has 0 aliphatic heterocycles. The van der Waals surface area contributed by atoms with E-state index in [1.807, 2.05) is 0 Å². The number of aliphatic hydroxyl groups is 1. The van der Waals surface area contributed by atoms with Crippen molar-refractivity contribution in [3.8, 4) is 0 Å². The number of aliphatic hydroxyl groups excluding tert-OH is 1. The van der Waals surface area contributed by atoms with Crippen LogP contribution in [0.3, 0.4) is 0 Å². The van der Waals surface area contributed by atoms with Crippen molar-refractivity contribution in [1.82, 2.24) is 0 Å². The molecule has 5 heteroatoms. The highest BCUT2D eigenvalue weighted by molar-refractivity contribution is 9.11. The zero-order valence-electron chi connectivity index (χ0n) is 9.00. The zero-order valence-corrected chi connectivity index (χ0v) is 12.2. The molecular formula is C13H8Br2F2O. The highest BCUT2D eigenvalue weighted by Crippen LogP contribution is 2.30. The third kappa shape index (κ3) is 2.79. The first-order valence-corrected chi connectivity index (χ1v) is 6.65. The average Bonchev–Trinajstić information content (AvgIpc) is 2.27. The highest BCUT2D eigenvalue weighted by Gasteiger charge is 2.20. The van der Waals surface area contributed by atoms with Gasteiger partial charge in [-0.15, -0.1) is 0 Å². The summed E-state index contributed by atoms with van der Waals surface area (Å²) < 4.78 is 28.5. The molecule has 18 heavy (non-hydrogen) atoms. The minimum absolute atomic E-state index is 0.345. The highest BCUT2D eigenvalue weighted by atomic mass is 79.9. The monoisotopic (exact) mass is 376 g/mol. The van der Waals surface area contributed by atoms with E-state index in [1.165, 1.54) is 6.07 Å². The van der Waals surface area contributed by atoms with Gasteiger partial charge in [0.15, 0.2) is 0 Å². The summed E-state index contributed by atoms with van der Waals surface area (Å²) >= 11 is 6.52. The Hall–Kier alpha value is -0.780. The van der Waals surface area contributed by atoms with Crippen molar-refractivity contribution < 1.29 is 13.9 Å². The molecule has 94 valence electrons. The molecule has 0 spiro atoms. The lowest BCUT2D eigenvalue weighted by Gasteiger charge is -2.14. The van der Waals surface area contributed by atoms with Crippen LogP contribution in [0.25, 0.3) is 0 Å². The van der Waals surface area contributed by atoms with Crippen molar-refractivity contribution in [3.63, 3.8) is 0 Å². The van der Waals surface area contributed by atoms with E-state index in [4.69, 9.17) is 0 Å². The molecule has 0 saturated heterocycles. The summed E-state index contributed by atoms with van der Waals surface area (Å²) in [6.45, 7) is 0. The molecule has 0 fully saturated rings. The van der Waals surface area contributed by atoms with Crippen LogP contribution >= 0.6 is 31.9 Å². The molecule has 2 aromatic rings. The minimum atomic E-state index is -1.35. The Labute approximate surface area is 120 Å². The van der Waals surface area contributed by atoms with Gasteiger partial charge in [-0.1, -0.05) is 37.9 Å². The second-order valence-corrected chi connectivity index (χ2v) is 5.57. The van der Waals surface area contributed by atoms with E-state index in [1.54, 1.807) is 18.2 Å². The fraction of sp³-hybridized carbons (Fsp3) is 0.0769. The fourth-order valence-corrected chi connectivity index (χ4v) is 3.00. The summed E-state index contributed by atoms with van der Waals surface area (Å²) in [5.74, 6) is -1.53.